The Morgan fingerprint density at radius 1 is 1.03 bits per heavy atom. The van der Waals surface area contributed by atoms with Crippen LogP contribution in [0.4, 0.5) is 5.69 Å². The molecule has 1 amide bonds. The van der Waals surface area contributed by atoms with Crippen molar-refractivity contribution in [2.45, 2.75) is 29.1 Å². The molecule has 7 nitrogen and oxygen atoms in total. The fourth-order valence-corrected chi connectivity index (χ4v) is 6.34. The highest BCUT2D eigenvalue weighted by Crippen LogP contribution is 2.35. The summed E-state index contributed by atoms with van der Waals surface area (Å²) in [6.07, 6.45) is 1.67. The zero-order valence-electron chi connectivity index (χ0n) is 21.1. The number of nitrogens with one attached hydrogen (secondary N) is 2. The summed E-state index contributed by atoms with van der Waals surface area (Å²) in [7, 11) is -2.09. The number of carbonyl (C=O) groups excluding carboxylic acids is 1. The Balaban J connectivity index is 1.27. The summed E-state index contributed by atoms with van der Waals surface area (Å²) in [5, 5.41) is 6.60. The van der Waals surface area contributed by atoms with Crippen LogP contribution in [0.3, 0.4) is 0 Å². The van der Waals surface area contributed by atoms with Crippen molar-refractivity contribution in [1.29, 1.82) is 0 Å². The number of benzene rings is 3. The van der Waals surface area contributed by atoms with Gasteiger partial charge in [-0.2, -0.15) is 0 Å². The second-order valence-electron chi connectivity index (χ2n) is 9.00. The van der Waals surface area contributed by atoms with E-state index in [-0.39, 0.29) is 25.7 Å². The molecule has 0 saturated heterocycles. The molecule has 0 saturated carbocycles. The van der Waals surface area contributed by atoms with E-state index in [2.05, 4.69) is 39.9 Å². The van der Waals surface area contributed by atoms with Gasteiger partial charge in [0.1, 0.15) is 5.84 Å². The first kappa shape index (κ1) is 28.0. The molecule has 0 spiro atoms. The number of amides is 1. The lowest BCUT2D eigenvalue weighted by Gasteiger charge is -2.18. The number of likely N-dealkylation sites (N-methyl/N-ethyl adjacent to an activating group) is 1. The largest absolute Gasteiger partial charge is 0.384 e. The summed E-state index contributed by atoms with van der Waals surface area (Å²) in [5.41, 5.74) is 2.69. The fourth-order valence-electron chi connectivity index (χ4n) is 4.15. The zero-order chi connectivity index (χ0) is 27.1. The number of rotatable bonds is 11. The predicted molar refractivity (Wildman–Crippen MR) is 153 cm³/mol. The standard InChI is InChI=1S/C28H30Cl2N4O3S/c1-34(19-15-20-11-13-21(14-12-20)28-32-17-18-33-28)26(35)10-5-16-31-23-7-2-3-8-24(23)38(36,37)25-9-4-6-22(29)27(25)30/h2-4,6-9,11-14,31H,5,10,15-19H2,1H3,(H,32,33). The second-order valence-corrected chi connectivity index (χ2v) is 11.7. The normalized spacial score (nSPS) is 13.1. The molecule has 0 fully saturated rings. The number of halogens is 2. The summed E-state index contributed by atoms with van der Waals surface area (Å²) in [6.45, 7) is 2.74. The smallest absolute Gasteiger partial charge is 0.222 e. The van der Waals surface area contributed by atoms with Crippen LogP contribution in [0.25, 0.3) is 0 Å². The van der Waals surface area contributed by atoms with Crippen molar-refractivity contribution in [2.24, 2.45) is 4.99 Å². The number of amidine groups is 1. The number of para-hydroxylation sites is 1. The maximum Gasteiger partial charge on any atom is 0.222 e. The Morgan fingerprint density at radius 3 is 2.50 bits per heavy atom. The summed E-state index contributed by atoms with van der Waals surface area (Å²) in [4.78, 5) is 18.9. The van der Waals surface area contributed by atoms with E-state index in [9.17, 15) is 13.2 Å². The van der Waals surface area contributed by atoms with Gasteiger partial charge in [0.15, 0.2) is 0 Å². The number of carbonyl (C=O) groups is 1. The molecule has 38 heavy (non-hydrogen) atoms. The molecule has 200 valence electrons. The minimum Gasteiger partial charge on any atom is -0.384 e. The molecular weight excluding hydrogens is 543 g/mol. The SMILES string of the molecule is CN(CCc1ccc(C2=NCCN2)cc1)C(=O)CCCNc1ccccc1S(=O)(=O)c1cccc(Cl)c1Cl. The molecular formula is C28H30Cl2N4O3S. The highest BCUT2D eigenvalue weighted by molar-refractivity contribution is 7.91. The third-order valence-corrected chi connectivity index (χ3v) is 9.11. The fraction of sp³-hybridized carbons (Fsp3) is 0.286. The highest BCUT2D eigenvalue weighted by atomic mass is 35.5. The van der Waals surface area contributed by atoms with Gasteiger partial charge in [0.05, 0.1) is 32.1 Å². The lowest BCUT2D eigenvalue weighted by atomic mass is 10.1. The molecule has 10 heteroatoms. The molecule has 3 aromatic rings. The molecule has 0 aliphatic carbocycles. The monoisotopic (exact) mass is 572 g/mol. The number of hydrogen-bond donors (Lipinski definition) is 2. The molecule has 0 bridgehead atoms. The van der Waals surface area contributed by atoms with Crippen LogP contribution in [-0.4, -0.2) is 58.3 Å². The van der Waals surface area contributed by atoms with Gasteiger partial charge >= 0.3 is 0 Å². The molecule has 0 radical (unpaired) electrons. The third kappa shape index (κ3) is 6.67. The average molecular weight is 574 g/mol. The molecule has 0 aromatic heterocycles. The molecule has 4 rings (SSSR count). The minimum atomic E-state index is -3.90. The van der Waals surface area contributed by atoms with Crippen molar-refractivity contribution < 1.29 is 13.2 Å². The summed E-state index contributed by atoms with van der Waals surface area (Å²) < 4.78 is 26.6. The van der Waals surface area contributed by atoms with E-state index in [4.69, 9.17) is 23.2 Å². The molecule has 2 N–H and O–H groups in total. The van der Waals surface area contributed by atoms with E-state index >= 15 is 0 Å². The lowest BCUT2D eigenvalue weighted by molar-refractivity contribution is -0.129. The quantitative estimate of drug-likeness (QED) is 0.313. The maximum atomic E-state index is 13.3. The van der Waals surface area contributed by atoms with Crippen LogP contribution in [-0.2, 0) is 21.1 Å². The van der Waals surface area contributed by atoms with Crippen LogP contribution in [0.1, 0.15) is 24.0 Å². The number of nitrogens with zero attached hydrogens (tertiary/aromatic N) is 2. The number of anilines is 1. The van der Waals surface area contributed by atoms with Crippen LogP contribution in [0.15, 0.2) is 81.5 Å². The first-order chi connectivity index (χ1) is 18.3. The Morgan fingerprint density at radius 2 is 1.76 bits per heavy atom. The Bertz CT molecular complexity index is 1430. The lowest BCUT2D eigenvalue weighted by Crippen LogP contribution is -2.29. The van der Waals surface area contributed by atoms with Crippen molar-refractivity contribution in [3.05, 3.63) is 87.9 Å². The van der Waals surface area contributed by atoms with Gasteiger partial charge in [-0.1, -0.05) is 65.7 Å². The van der Waals surface area contributed by atoms with E-state index in [1.54, 1.807) is 42.3 Å². The van der Waals surface area contributed by atoms with Gasteiger partial charge in [-0.25, -0.2) is 8.42 Å². The van der Waals surface area contributed by atoms with Gasteiger partial charge in [0, 0.05) is 38.7 Å². The van der Waals surface area contributed by atoms with Crippen molar-refractivity contribution in [3.8, 4) is 0 Å². The van der Waals surface area contributed by atoms with Gasteiger partial charge < -0.3 is 15.5 Å². The summed E-state index contributed by atoms with van der Waals surface area (Å²) in [6, 6.07) is 19.4. The predicted octanol–water partition coefficient (Wildman–Crippen LogP) is 5.07. The number of aliphatic imine (C=N–C) groups is 1. The molecule has 1 aliphatic rings. The van der Waals surface area contributed by atoms with E-state index in [1.165, 1.54) is 12.1 Å². The minimum absolute atomic E-state index is 0.00577. The highest BCUT2D eigenvalue weighted by Gasteiger charge is 2.24. The average Bonchev–Trinajstić information content (AvgIpc) is 3.46. The van der Waals surface area contributed by atoms with Gasteiger partial charge in [-0.05, 0) is 42.7 Å². The van der Waals surface area contributed by atoms with E-state index in [0.717, 1.165) is 36.5 Å². The number of hydrogen-bond acceptors (Lipinski definition) is 6. The third-order valence-electron chi connectivity index (χ3n) is 6.33. The molecule has 0 unspecified atom stereocenters. The molecule has 1 aliphatic heterocycles. The first-order valence-electron chi connectivity index (χ1n) is 12.4. The molecule has 0 atom stereocenters. The Hall–Kier alpha value is -3.07. The van der Waals surface area contributed by atoms with Crippen LogP contribution < -0.4 is 10.6 Å². The van der Waals surface area contributed by atoms with Gasteiger partial charge in [0.25, 0.3) is 0 Å². The van der Waals surface area contributed by atoms with Crippen molar-refractivity contribution in [1.82, 2.24) is 10.2 Å². The van der Waals surface area contributed by atoms with Crippen LogP contribution in [0, 0.1) is 0 Å². The topological polar surface area (TPSA) is 90.9 Å². The molecule has 1 heterocycles. The van der Waals surface area contributed by atoms with Crippen LogP contribution >= 0.6 is 23.2 Å². The van der Waals surface area contributed by atoms with Gasteiger partial charge in [-0.15, -0.1) is 0 Å². The first-order valence-corrected chi connectivity index (χ1v) is 14.6. The Kier molecular flexibility index (Phi) is 9.31. The van der Waals surface area contributed by atoms with Crippen molar-refractivity contribution in [2.75, 3.05) is 38.5 Å². The van der Waals surface area contributed by atoms with Crippen molar-refractivity contribution in [3.63, 3.8) is 0 Å². The van der Waals surface area contributed by atoms with Gasteiger partial charge in [0.2, 0.25) is 15.7 Å². The second kappa shape index (κ2) is 12.7. The van der Waals surface area contributed by atoms with E-state index in [0.29, 0.717) is 31.6 Å². The van der Waals surface area contributed by atoms with Crippen LogP contribution in [0.2, 0.25) is 10.0 Å². The van der Waals surface area contributed by atoms with E-state index in [1.807, 2.05) is 0 Å². The number of sulfone groups is 1. The Labute approximate surface area is 233 Å². The van der Waals surface area contributed by atoms with Crippen LogP contribution in [0.5, 0.6) is 0 Å². The summed E-state index contributed by atoms with van der Waals surface area (Å²) in [5.74, 6) is 0.977. The van der Waals surface area contributed by atoms with Gasteiger partial charge in [-0.3, -0.25) is 9.79 Å². The van der Waals surface area contributed by atoms with Crippen molar-refractivity contribution >= 4 is 50.5 Å². The molecule has 3 aromatic carbocycles. The van der Waals surface area contributed by atoms with E-state index < -0.39 is 9.84 Å². The zero-order valence-corrected chi connectivity index (χ0v) is 23.4. The summed E-state index contributed by atoms with van der Waals surface area (Å²) >= 11 is 12.2. The maximum absolute atomic E-state index is 13.3.